The number of carbonyl (C=O) groups is 2. The van der Waals surface area contributed by atoms with Gasteiger partial charge in [0, 0.05) is 0 Å². The van der Waals surface area contributed by atoms with Crippen LogP contribution in [0.25, 0.3) is 11.1 Å². The average molecular weight is 312 g/mol. The van der Waals surface area contributed by atoms with E-state index in [1.807, 2.05) is 24.3 Å². The molecular formula is C19H20O4. The summed E-state index contributed by atoms with van der Waals surface area (Å²) in [5.41, 5.74) is 3.55. The molecule has 23 heavy (non-hydrogen) atoms. The van der Waals surface area contributed by atoms with Crippen LogP contribution in [-0.2, 0) is 9.47 Å². The van der Waals surface area contributed by atoms with E-state index < -0.39 is 11.9 Å². The zero-order valence-corrected chi connectivity index (χ0v) is 13.8. The molecule has 2 rings (SSSR count). The Morgan fingerprint density at radius 3 is 1.65 bits per heavy atom. The highest BCUT2D eigenvalue weighted by atomic mass is 16.5. The summed E-state index contributed by atoms with van der Waals surface area (Å²) in [5, 5.41) is 0. The summed E-state index contributed by atoms with van der Waals surface area (Å²) < 4.78 is 9.51. The van der Waals surface area contributed by atoms with Crippen LogP contribution in [0, 0.1) is 0 Å². The van der Waals surface area contributed by atoms with E-state index in [1.54, 1.807) is 12.1 Å². The van der Waals surface area contributed by atoms with Crippen molar-refractivity contribution in [3.63, 3.8) is 0 Å². The molecule has 0 spiro atoms. The Morgan fingerprint density at radius 2 is 1.26 bits per heavy atom. The van der Waals surface area contributed by atoms with Gasteiger partial charge in [0.05, 0.1) is 25.3 Å². The molecule has 0 radical (unpaired) electrons. The normalized spacial score (nSPS) is 10.5. The van der Waals surface area contributed by atoms with Crippen LogP contribution in [0.1, 0.15) is 46.0 Å². The highest BCUT2D eigenvalue weighted by molar-refractivity contribution is 5.97. The van der Waals surface area contributed by atoms with Crippen molar-refractivity contribution in [3.8, 4) is 11.1 Å². The Hall–Kier alpha value is -2.62. The molecule has 0 saturated carbocycles. The minimum absolute atomic E-state index is 0.318. The van der Waals surface area contributed by atoms with Crippen LogP contribution in [0.15, 0.2) is 42.5 Å². The number of ether oxygens (including phenoxy) is 2. The second-order valence-electron chi connectivity index (χ2n) is 5.56. The minimum atomic E-state index is -0.490. The smallest absolute Gasteiger partial charge is 0.337 e. The molecule has 120 valence electrons. The van der Waals surface area contributed by atoms with Crippen LogP contribution >= 0.6 is 0 Å². The Labute approximate surface area is 136 Å². The summed E-state index contributed by atoms with van der Waals surface area (Å²) in [6, 6.07) is 12.9. The zero-order valence-electron chi connectivity index (χ0n) is 13.8. The van der Waals surface area contributed by atoms with Crippen molar-refractivity contribution in [1.29, 1.82) is 0 Å². The maximum Gasteiger partial charge on any atom is 0.337 e. The van der Waals surface area contributed by atoms with Crippen molar-refractivity contribution in [2.24, 2.45) is 0 Å². The lowest BCUT2D eigenvalue weighted by Gasteiger charge is -2.10. The molecule has 4 heteroatoms. The molecule has 0 aromatic heterocycles. The fourth-order valence-corrected chi connectivity index (χ4v) is 2.33. The van der Waals surface area contributed by atoms with E-state index in [-0.39, 0.29) is 0 Å². The van der Waals surface area contributed by atoms with Gasteiger partial charge in [-0.15, -0.1) is 0 Å². The SMILES string of the molecule is COC(=O)c1cc(C(=O)OC)cc(-c2ccc(C(C)C)cc2)c1. The average Bonchev–Trinajstić information content (AvgIpc) is 2.59. The summed E-state index contributed by atoms with van der Waals surface area (Å²) in [6.45, 7) is 4.25. The van der Waals surface area contributed by atoms with Crippen LogP contribution in [-0.4, -0.2) is 26.2 Å². The minimum Gasteiger partial charge on any atom is -0.465 e. The summed E-state index contributed by atoms with van der Waals surface area (Å²) in [5.74, 6) is -0.539. The lowest BCUT2D eigenvalue weighted by molar-refractivity contribution is 0.0599. The Kier molecular flexibility index (Phi) is 5.16. The van der Waals surface area contributed by atoms with Gasteiger partial charge in [0.2, 0.25) is 0 Å². The first-order valence-corrected chi connectivity index (χ1v) is 7.38. The van der Waals surface area contributed by atoms with E-state index in [0.29, 0.717) is 17.0 Å². The topological polar surface area (TPSA) is 52.6 Å². The standard InChI is InChI=1S/C19H20O4/c1-12(2)13-5-7-14(8-6-13)15-9-16(18(20)22-3)11-17(10-15)19(21)23-4/h5-12H,1-4H3. The molecule has 0 aliphatic heterocycles. The van der Waals surface area contributed by atoms with E-state index in [1.165, 1.54) is 25.8 Å². The third kappa shape index (κ3) is 3.77. The van der Waals surface area contributed by atoms with Crippen LogP contribution in [0.2, 0.25) is 0 Å². The van der Waals surface area contributed by atoms with Gasteiger partial charge in [0.15, 0.2) is 0 Å². The molecule has 0 aliphatic carbocycles. The summed E-state index contributed by atoms with van der Waals surface area (Å²) >= 11 is 0. The van der Waals surface area contributed by atoms with Crippen molar-refractivity contribution in [3.05, 3.63) is 59.2 Å². The highest BCUT2D eigenvalue weighted by Gasteiger charge is 2.14. The summed E-state index contributed by atoms with van der Waals surface area (Å²) in [6.07, 6.45) is 0. The number of carbonyl (C=O) groups excluding carboxylic acids is 2. The Bertz CT molecular complexity index is 680. The number of benzene rings is 2. The first-order valence-electron chi connectivity index (χ1n) is 7.38. The fraction of sp³-hybridized carbons (Fsp3) is 0.263. The third-order valence-corrected chi connectivity index (χ3v) is 3.69. The van der Waals surface area contributed by atoms with E-state index in [4.69, 9.17) is 9.47 Å². The van der Waals surface area contributed by atoms with Gasteiger partial charge in [-0.3, -0.25) is 0 Å². The van der Waals surface area contributed by atoms with E-state index in [0.717, 1.165) is 11.1 Å². The maximum atomic E-state index is 11.8. The quantitative estimate of drug-likeness (QED) is 0.799. The first kappa shape index (κ1) is 16.7. The predicted molar refractivity (Wildman–Crippen MR) is 88.6 cm³/mol. The largest absolute Gasteiger partial charge is 0.465 e. The number of hydrogen-bond donors (Lipinski definition) is 0. The molecule has 2 aromatic rings. The van der Waals surface area contributed by atoms with Gasteiger partial charge < -0.3 is 9.47 Å². The highest BCUT2D eigenvalue weighted by Crippen LogP contribution is 2.25. The Morgan fingerprint density at radius 1 is 0.783 bits per heavy atom. The van der Waals surface area contributed by atoms with Crippen LogP contribution in [0.5, 0.6) is 0 Å². The monoisotopic (exact) mass is 312 g/mol. The molecule has 0 N–H and O–H groups in total. The zero-order chi connectivity index (χ0) is 17.0. The lowest BCUT2D eigenvalue weighted by atomic mass is 9.96. The predicted octanol–water partition coefficient (Wildman–Crippen LogP) is 4.05. The second kappa shape index (κ2) is 7.09. The van der Waals surface area contributed by atoms with Crippen LogP contribution in [0.3, 0.4) is 0 Å². The summed E-state index contributed by atoms with van der Waals surface area (Å²) in [4.78, 5) is 23.7. The van der Waals surface area contributed by atoms with Crippen molar-refractivity contribution in [1.82, 2.24) is 0 Å². The number of esters is 2. The van der Waals surface area contributed by atoms with Gasteiger partial charge in [0.25, 0.3) is 0 Å². The molecule has 0 saturated heterocycles. The number of methoxy groups -OCH3 is 2. The number of rotatable bonds is 4. The maximum absolute atomic E-state index is 11.8. The molecular weight excluding hydrogens is 292 g/mol. The van der Waals surface area contributed by atoms with E-state index in [2.05, 4.69) is 13.8 Å². The molecule has 0 bridgehead atoms. The molecule has 0 atom stereocenters. The molecule has 2 aromatic carbocycles. The van der Waals surface area contributed by atoms with Gasteiger partial charge in [-0.25, -0.2) is 9.59 Å². The molecule has 0 fully saturated rings. The van der Waals surface area contributed by atoms with Gasteiger partial charge in [-0.05, 0) is 40.8 Å². The first-order chi connectivity index (χ1) is 11.0. The third-order valence-electron chi connectivity index (χ3n) is 3.69. The van der Waals surface area contributed by atoms with Crippen LogP contribution in [0.4, 0.5) is 0 Å². The lowest BCUT2D eigenvalue weighted by Crippen LogP contribution is -2.07. The van der Waals surface area contributed by atoms with Gasteiger partial charge in [0.1, 0.15) is 0 Å². The second-order valence-corrected chi connectivity index (χ2v) is 5.56. The van der Waals surface area contributed by atoms with E-state index in [9.17, 15) is 9.59 Å². The molecule has 0 heterocycles. The molecule has 0 amide bonds. The van der Waals surface area contributed by atoms with Crippen molar-refractivity contribution < 1.29 is 19.1 Å². The molecule has 4 nitrogen and oxygen atoms in total. The van der Waals surface area contributed by atoms with Gasteiger partial charge >= 0.3 is 11.9 Å². The van der Waals surface area contributed by atoms with E-state index >= 15 is 0 Å². The van der Waals surface area contributed by atoms with Crippen molar-refractivity contribution in [2.75, 3.05) is 14.2 Å². The molecule has 0 aliphatic rings. The molecule has 0 unspecified atom stereocenters. The van der Waals surface area contributed by atoms with Gasteiger partial charge in [-0.1, -0.05) is 38.1 Å². The van der Waals surface area contributed by atoms with Crippen molar-refractivity contribution >= 4 is 11.9 Å². The van der Waals surface area contributed by atoms with Crippen molar-refractivity contribution in [2.45, 2.75) is 19.8 Å². The van der Waals surface area contributed by atoms with Crippen LogP contribution < -0.4 is 0 Å². The Balaban J connectivity index is 2.51. The fourth-order valence-electron chi connectivity index (χ4n) is 2.33. The summed E-state index contributed by atoms with van der Waals surface area (Å²) in [7, 11) is 2.62. The number of hydrogen-bond acceptors (Lipinski definition) is 4. The van der Waals surface area contributed by atoms with Gasteiger partial charge in [-0.2, -0.15) is 0 Å².